The second-order valence-corrected chi connectivity index (χ2v) is 6.96. The Morgan fingerprint density at radius 3 is 2.37 bits per heavy atom. The zero-order valence-electron chi connectivity index (χ0n) is 14.1. The molecule has 0 atom stereocenters. The number of rotatable bonds is 5. The zero-order chi connectivity index (χ0) is 19.9. The molecule has 0 radical (unpaired) electrons. The maximum atomic E-state index is 13.7. The molecular weight excluding hydrogens is 391 g/mol. The van der Waals surface area contributed by atoms with E-state index in [-0.39, 0.29) is 27.8 Å². The van der Waals surface area contributed by atoms with Crippen LogP contribution in [0.5, 0.6) is 0 Å². The molecule has 2 aromatic heterocycles. The van der Waals surface area contributed by atoms with Gasteiger partial charge in [0.2, 0.25) is 6.43 Å². The lowest BCUT2D eigenvalue weighted by atomic mass is 9.99. The molecule has 5 nitrogen and oxygen atoms in total. The number of thioether (sulfide) groups is 1. The molecule has 0 unspecified atom stereocenters. The monoisotopic (exact) mass is 404 g/mol. The van der Waals surface area contributed by atoms with Crippen molar-refractivity contribution in [2.24, 2.45) is 0 Å². The Morgan fingerprint density at radius 1 is 1.19 bits per heavy atom. The smallest absolute Gasteiger partial charge is 0.285 e. The van der Waals surface area contributed by atoms with Crippen molar-refractivity contribution in [3.8, 4) is 11.1 Å². The van der Waals surface area contributed by atoms with Crippen LogP contribution in [0, 0.1) is 17.5 Å². The van der Waals surface area contributed by atoms with Gasteiger partial charge in [-0.1, -0.05) is 25.6 Å². The summed E-state index contributed by atoms with van der Waals surface area (Å²) in [7, 11) is 0. The number of hydrogen-bond donors (Lipinski definition) is 1. The predicted octanol–water partition coefficient (Wildman–Crippen LogP) is 3.98. The van der Waals surface area contributed by atoms with Gasteiger partial charge in [-0.25, -0.2) is 31.7 Å². The second kappa shape index (κ2) is 7.29. The van der Waals surface area contributed by atoms with Crippen molar-refractivity contribution in [3.63, 3.8) is 0 Å². The van der Waals surface area contributed by atoms with Gasteiger partial charge in [0, 0.05) is 0 Å². The van der Waals surface area contributed by atoms with E-state index >= 15 is 0 Å². The van der Waals surface area contributed by atoms with Crippen molar-refractivity contribution in [3.05, 3.63) is 45.8 Å². The average molecular weight is 404 g/mol. The largest absolute Gasteiger partial charge is 0.350 e. The van der Waals surface area contributed by atoms with E-state index in [1.165, 1.54) is 0 Å². The minimum atomic E-state index is -2.62. The molecule has 27 heavy (non-hydrogen) atoms. The number of aromatic amines is 1. The maximum Gasteiger partial charge on any atom is 0.350 e. The van der Waals surface area contributed by atoms with E-state index in [1.807, 2.05) is 0 Å². The zero-order valence-corrected chi connectivity index (χ0v) is 14.9. The highest BCUT2D eigenvalue weighted by molar-refractivity contribution is 7.99. The van der Waals surface area contributed by atoms with Gasteiger partial charge in [0.1, 0.15) is 0 Å². The number of hydrogen-bond acceptors (Lipinski definition) is 4. The Labute approximate surface area is 153 Å². The van der Waals surface area contributed by atoms with Crippen molar-refractivity contribution in [1.29, 1.82) is 0 Å². The quantitative estimate of drug-likeness (QED) is 0.397. The molecule has 3 rings (SSSR count). The molecule has 1 aromatic carbocycles. The van der Waals surface area contributed by atoms with Crippen molar-refractivity contribution in [2.45, 2.75) is 31.3 Å². The first-order valence-electron chi connectivity index (χ1n) is 7.77. The van der Waals surface area contributed by atoms with Crippen LogP contribution >= 0.6 is 11.8 Å². The van der Waals surface area contributed by atoms with Crippen LogP contribution in [-0.2, 0) is 0 Å². The fraction of sp³-hybridized carbons (Fsp3) is 0.312. The summed E-state index contributed by atoms with van der Waals surface area (Å²) in [6, 6.07) is 1.55. The van der Waals surface area contributed by atoms with E-state index in [9.17, 15) is 26.7 Å². The Bertz CT molecular complexity index is 1040. The summed E-state index contributed by atoms with van der Waals surface area (Å²) in [6.07, 6.45) is -2.62. The lowest BCUT2D eigenvalue weighted by molar-refractivity contribution is 0.176. The molecule has 0 aliphatic rings. The highest BCUT2D eigenvalue weighted by atomic mass is 32.2. The Hall–Kier alpha value is -2.43. The minimum absolute atomic E-state index is 0.0620. The molecule has 0 saturated heterocycles. The number of aromatic nitrogens is 4. The fourth-order valence-corrected chi connectivity index (χ4v) is 3.12. The van der Waals surface area contributed by atoms with Crippen LogP contribution in [0.4, 0.5) is 22.0 Å². The molecule has 0 amide bonds. The summed E-state index contributed by atoms with van der Waals surface area (Å²) >= 11 is 0.622. The molecule has 0 fully saturated rings. The van der Waals surface area contributed by atoms with E-state index in [4.69, 9.17) is 0 Å². The number of nitrogens with zero attached hydrogens (tertiary/aromatic N) is 3. The lowest BCUT2D eigenvalue weighted by Gasteiger charge is -2.07. The standard InChI is InChI=1S/C16H13F5N4OS/c1-6(2)13-11(7-3-8(17)12(21)9(18)4-7)14-22-15(27-5-10(19)20)23-16(26)25(14)24-13/h3-4,6,10H,5H2,1-2H3,(H,22,23,26). The fourth-order valence-electron chi connectivity index (χ4n) is 2.53. The lowest BCUT2D eigenvalue weighted by Crippen LogP contribution is -2.19. The van der Waals surface area contributed by atoms with Crippen LogP contribution in [0.25, 0.3) is 16.8 Å². The molecule has 0 aliphatic heterocycles. The number of nitrogens with one attached hydrogen (secondary N) is 1. The average Bonchev–Trinajstić information content (AvgIpc) is 2.97. The van der Waals surface area contributed by atoms with Gasteiger partial charge in [0.25, 0.3) is 0 Å². The van der Waals surface area contributed by atoms with Gasteiger partial charge in [-0.2, -0.15) is 9.61 Å². The summed E-state index contributed by atoms with van der Waals surface area (Å²) in [5.74, 6) is -5.30. The number of alkyl halides is 2. The minimum Gasteiger partial charge on any atom is -0.285 e. The van der Waals surface area contributed by atoms with Gasteiger partial charge in [0.15, 0.2) is 28.3 Å². The van der Waals surface area contributed by atoms with Crippen molar-refractivity contribution in [1.82, 2.24) is 19.6 Å². The Morgan fingerprint density at radius 2 is 1.81 bits per heavy atom. The van der Waals surface area contributed by atoms with Gasteiger partial charge in [-0.3, -0.25) is 4.98 Å². The topological polar surface area (TPSA) is 63.1 Å². The maximum absolute atomic E-state index is 13.7. The Kier molecular flexibility index (Phi) is 5.22. The van der Waals surface area contributed by atoms with Gasteiger partial charge >= 0.3 is 5.69 Å². The van der Waals surface area contributed by atoms with Gasteiger partial charge in [-0.05, 0) is 23.6 Å². The molecule has 0 bridgehead atoms. The van der Waals surface area contributed by atoms with E-state index in [0.29, 0.717) is 17.5 Å². The second-order valence-electron chi connectivity index (χ2n) is 5.95. The first-order valence-corrected chi connectivity index (χ1v) is 8.76. The van der Waals surface area contributed by atoms with E-state index < -0.39 is 35.3 Å². The first-order chi connectivity index (χ1) is 12.7. The number of benzene rings is 1. The molecule has 0 saturated carbocycles. The van der Waals surface area contributed by atoms with E-state index in [2.05, 4.69) is 15.1 Å². The van der Waals surface area contributed by atoms with Gasteiger partial charge in [0.05, 0.1) is 17.0 Å². The van der Waals surface area contributed by atoms with Crippen molar-refractivity contribution in [2.75, 3.05) is 5.75 Å². The molecular formula is C16H13F5N4OS. The number of fused-ring (bicyclic) bond motifs is 1. The third-order valence-corrected chi connectivity index (χ3v) is 4.55. The molecule has 11 heteroatoms. The highest BCUT2D eigenvalue weighted by Crippen LogP contribution is 2.33. The SMILES string of the molecule is CC(C)c1nn2c(=O)[nH]c(SCC(F)F)nc2c1-c1cc(F)c(F)c(F)c1. The first kappa shape index (κ1) is 19.3. The van der Waals surface area contributed by atoms with Crippen LogP contribution in [0.2, 0.25) is 0 Å². The third kappa shape index (κ3) is 3.68. The molecule has 3 aromatic rings. The van der Waals surface area contributed by atoms with Crippen LogP contribution in [0.3, 0.4) is 0 Å². The summed E-state index contributed by atoms with van der Waals surface area (Å²) in [4.78, 5) is 18.7. The molecule has 144 valence electrons. The molecule has 0 aliphatic carbocycles. The predicted molar refractivity (Wildman–Crippen MR) is 89.7 cm³/mol. The number of halogens is 5. The van der Waals surface area contributed by atoms with E-state index in [0.717, 1.165) is 16.6 Å². The Balaban J connectivity index is 2.29. The summed E-state index contributed by atoms with van der Waals surface area (Å²) in [6.45, 7) is 3.48. The third-order valence-electron chi connectivity index (χ3n) is 3.67. The van der Waals surface area contributed by atoms with Gasteiger partial charge < -0.3 is 0 Å². The van der Waals surface area contributed by atoms with Crippen LogP contribution in [0.1, 0.15) is 25.5 Å². The summed E-state index contributed by atoms with van der Waals surface area (Å²) in [5.41, 5.74) is -0.437. The molecule has 1 N–H and O–H groups in total. The summed E-state index contributed by atoms with van der Waals surface area (Å²) < 4.78 is 66.5. The normalized spacial score (nSPS) is 11.9. The highest BCUT2D eigenvalue weighted by Gasteiger charge is 2.23. The number of H-pyrrole nitrogens is 1. The molecule has 0 spiro atoms. The summed E-state index contributed by atoms with van der Waals surface area (Å²) in [5, 5.41) is 4.03. The van der Waals surface area contributed by atoms with E-state index in [1.54, 1.807) is 13.8 Å². The van der Waals surface area contributed by atoms with Crippen LogP contribution in [-0.4, -0.2) is 31.8 Å². The van der Waals surface area contributed by atoms with Crippen LogP contribution < -0.4 is 5.69 Å². The van der Waals surface area contributed by atoms with Crippen molar-refractivity contribution >= 4 is 17.4 Å². The van der Waals surface area contributed by atoms with Crippen molar-refractivity contribution < 1.29 is 22.0 Å². The van der Waals surface area contributed by atoms with Gasteiger partial charge in [-0.15, -0.1) is 0 Å². The van der Waals surface area contributed by atoms with Crippen LogP contribution in [0.15, 0.2) is 22.1 Å². The molecule has 2 heterocycles.